The molecule has 0 aromatic rings. The third kappa shape index (κ3) is 8.49. The van der Waals surface area contributed by atoms with Crippen molar-refractivity contribution in [2.75, 3.05) is 0 Å². The van der Waals surface area contributed by atoms with Crippen molar-refractivity contribution in [1.29, 1.82) is 0 Å². The molecule has 10 heavy (non-hydrogen) atoms. The van der Waals surface area contributed by atoms with Gasteiger partial charge in [0.25, 0.3) is 0 Å². The second-order valence-corrected chi connectivity index (χ2v) is 5.19. The molecule has 0 fully saturated rings. The fraction of sp³-hybridized carbons (Fsp3) is 0.750. The monoisotopic (exact) mass is 258 g/mol. The minimum atomic E-state index is -0.244. The molecule has 0 aliphatic carbocycles. The molecule has 0 aromatic heterocycles. The minimum absolute atomic E-state index is 0.0869. The standard InChI is InChI=1S/C8H16OTe/c1-3-4-6-10-7-5-8(2)9/h5,7-9H,3-4,6H2,1-2H3/b7-5-/t8-/m0/s1. The molecule has 0 unspecified atom stereocenters. The molecule has 1 N–H and O–H groups in total. The summed E-state index contributed by atoms with van der Waals surface area (Å²) in [6, 6.07) is 0. The van der Waals surface area contributed by atoms with Gasteiger partial charge in [-0.15, -0.1) is 0 Å². The van der Waals surface area contributed by atoms with Crippen molar-refractivity contribution < 1.29 is 5.11 Å². The number of rotatable bonds is 5. The summed E-state index contributed by atoms with van der Waals surface area (Å²) >= 11 is 0.0869. The van der Waals surface area contributed by atoms with E-state index in [0.29, 0.717) is 0 Å². The third-order valence-corrected chi connectivity index (χ3v) is 3.56. The Bertz CT molecular complexity index is 89.3. The Balaban J connectivity index is 3.02. The summed E-state index contributed by atoms with van der Waals surface area (Å²) in [7, 11) is 0. The summed E-state index contributed by atoms with van der Waals surface area (Å²) in [5, 5.41) is 8.84. The Morgan fingerprint density at radius 3 is 2.80 bits per heavy atom. The van der Waals surface area contributed by atoms with Crippen molar-refractivity contribution in [3.05, 3.63) is 10.2 Å². The number of unbranched alkanes of at least 4 members (excludes halogenated alkanes) is 1. The summed E-state index contributed by atoms with van der Waals surface area (Å²) in [5.74, 6) is 0. The molecule has 0 rings (SSSR count). The van der Waals surface area contributed by atoms with Gasteiger partial charge < -0.3 is 0 Å². The van der Waals surface area contributed by atoms with E-state index in [-0.39, 0.29) is 27.0 Å². The van der Waals surface area contributed by atoms with Crippen LogP contribution in [0.4, 0.5) is 0 Å². The average Bonchev–Trinajstić information content (AvgIpc) is 1.87. The molecule has 0 aliphatic rings. The van der Waals surface area contributed by atoms with Gasteiger partial charge in [0.1, 0.15) is 0 Å². The van der Waals surface area contributed by atoms with Gasteiger partial charge in [-0.3, -0.25) is 0 Å². The zero-order valence-electron chi connectivity index (χ0n) is 6.71. The van der Waals surface area contributed by atoms with Crippen LogP contribution in [0.3, 0.4) is 0 Å². The fourth-order valence-corrected chi connectivity index (χ4v) is 3.12. The topological polar surface area (TPSA) is 20.2 Å². The van der Waals surface area contributed by atoms with Crippen molar-refractivity contribution in [1.82, 2.24) is 0 Å². The molecule has 0 bridgehead atoms. The van der Waals surface area contributed by atoms with Crippen LogP contribution in [-0.2, 0) is 0 Å². The number of aliphatic hydroxyl groups excluding tert-OH is 1. The zero-order valence-corrected chi connectivity index (χ0v) is 9.04. The molecular weight excluding hydrogens is 240 g/mol. The van der Waals surface area contributed by atoms with Crippen LogP contribution in [0.1, 0.15) is 26.7 Å². The molecule has 0 heterocycles. The van der Waals surface area contributed by atoms with Gasteiger partial charge in [0.05, 0.1) is 0 Å². The SMILES string of the molecule is CCCC[Te]/C=C\[C@H](C)O. The summed E-state index contributed by atoms with van der Waals surface area (Å²) in [6.07, 6.45) is 4.31. The van der Waals surface area contributed by atoms with E-state index in [2.05, 4.69) is 11.0 Å². The van der Waals surface area contributed by atoms with Crippen LogP contribution in [0.2, 0.25) is 4.47 Å². The maximum atomic E-state index is 8.84. The average molecular weight is 256 g/mol. The van der Waals surface area contributed by atoms with Gasteiger partial charge in [-0.1, -0.05) is 0 Å². The van der Waals surface area contributed by atoms with Crippen molar-refractivity contribution in [2.45, 2.75) is 37.3 Å². The van der Waals surface area contributed by atoms with Gasteiger partial charge >= 0.3 is 73.5 Å². The fourth-order valence-electron chi connectivity index (χ4n) is 0.465. The Labute approximate surface area is 73.6 Å². The predicted molar refractivity (Wildman–Crippen MR) is 46.3 cm³/mol. The van der Waals surface area contributed by atoms with E-state index in [9.17, 15) is 0 Å². The van der Waals surface area contributed by atoms with Crippen molar-refractivity contribution in [3.63, 3.8) is 0 Å². The molecule has 1 nitrogen and oxygen atoms in total. The van der Waals surface area contributed by atoms with Crippen LogP contribution in [0.15, 0.2) is 10.2 Å². The van der Waals surface area contributed by atoms with Crippen LogP contribution >= 0.6 is 0 Å². The van der Waals surface area contributed by atoms with Crippen molar-refractivity contribution in [2.24, 2.45) is 0 Å². The molecular formula is C8H16OTe. The normalized spacial score (nSPS) is 14.3. The number of aliphatic hydroxyl groups is 1. The molecule has 0 aliphatic heterocycles. The Morgan fingerprint density at radius 1 is 1.60 bits per heavy atom. The van der Waals surface area contributed by atoms with Gasteiger partial charge in [0.2, 0.25) is 0 Å². The molecule has 0 amide bonds. The van der Waals surface area contributed by atoms with Crippen LogP contribution in [0.25, 0.3) is 0 Å². The van der Waals surface area contributed by atoms with E-state index in [1.807, 2.05) is 6.08 Å². The van der Waals surface area contributed by atoms with E-state index in [4.69, 9.17) is 5.11 Å². The first kappa shape index (κ1) is 10.5. The summed E-state index contributed by atoms with van der Waals surface area (Å²) in [4.78, 5) is 0. The quantitative estimate of drug-likeness (QED) is 0.587. The van der Waals surface area contributed by atoms with Gasteiger partial charge in [0, 0.05) is 0 Å². The van der Waals surface area contributed by atoms with Gasteiger partial charge in [0.15, 0.2) is 0 Å². The molecule has 60 valence electrons. The second kappa shape index (κ2) is 7.59. The van der Waals surface area contributed by atoms with E-state index in [0.717, 1.165) is 0 Å². The summed E-state index contributed by atoms with van der Waals surface area (Å²) < 4.78 is 3.57. The van der Waals surface area contributed by atoms with Crippen LogP contribution in [-0.4, -0.2) is 32.1 Å². The third-order valence-electron chi connectivity index (χ3n) is 1.07. The van der Waals surface area contributed by atoms with E-state index in [1.165, 1.54) is 17.3 Å². The van der Waals surface area contributed by atoms with Gasteiger partial charge in [-0.25, -0.2) is 0 Å². The Morgan fingerprint density at radius 2 is 2.30 bits per heavy atom. The van der Waals surface area contributed by atoms with Crippen molar-refractivity contribution in [3.8, 4) is 0 Å². The molecule has 0 saturated heterocycles. The van der Waals surface area contributed by atoms with Crippen LogP contribution < -0.4 is 0 Å². The molecule has 0 aromatic carbocycles. The van der Waals surface area contributed by atoms with Crippen LogP contribution in [0.5, 0.6) is 0 Å². The number of hydrogen-bond donors (Lipinski definition) is 1. The summed E-state index contributed by atoms with van der Waals surface area (Å²) in [6.45, 7) is 4.01. The maximum absolute atomic E-state index is 8.84. The Kier molecular flexibility index (Phi) is 7.97. The van der Waals surface area contributed by atoms with Crippen molar-refractivity contribution >= 4 is 20.9 Å². The first-order valence-electron chi connectivity index (χ1n) is 3.73. The first-order valence-corrected chi connectivity index (χ1v) is 6.73. The van der Waals surface area contributed by atoms with Crippen LogP contribution in [0, 0.1) is 0 Å². The molecule has 0 saturated carbocycles. The van der Waals surface area contributed by atoms with E-state index >= 15 is 0 Å². The predicted octanol–water partition coefficient (Wildman–Crippen LogP) is 1.80. The zero-order chi connectivity index (χ0) is 7.82. The molecule has 0 spiro atoms. The van der Waals surface area contributed by atoms with E-state index in [1.54, 1.807) is 6.92 Å². The molecule has 0 radical (unpaired) electrons. The molecule has 2 heteroatoms. The van der Waals surface area contributed by atoms with Gasteiger partial charge in [-0.05, 0) is 0 Å². The first-order chi connectivity index (χ1) is 4.77. The van der Waals surface area contributed by atoms with Gasteiger partial charge in [-0.2, -0.15) is 0 Å². The Hall–Kier alpha value is 0.490. The number of hydrogen-bond acceptors (Lipinski definition) is 1. The van der Waals surface area contributed by atoms with E-state index < -0.39 is 0 Å². The second-order valence-electron chi connectivity index (χ2n) is 2.29. The summed E-state index contributed by atoms with van der Waals surface area (Å²) in [5.41, 5.74) is 0. The molecule has 1 atom stereocenters.